The highest BCUT2D eigenvalue weighted by Crippen LogP contribution is 2.17. The fraction of sp³-hybridized carbons (Fsp3) is 0.500. The van der Waals surface area contributed by atoms with Crippen LogP contribution in [0, 0.1) is 12.7 Å². The van der Waals surface area contributed by atoms with E-state index >= 15 is 0 Å². The Hall–Kier alpha value is -1.94. The number of halogens is 2. The predicted octanol–water partition coefficient (Wildman–Crippen LogP) is 4.11. The monoisotopic (exact) mass is 554 g/mol. The Morgan fingerprint density at radius 1 is 1.16 bits per heavy atom. The van der Waals surface area contributed by atoms with Crippen LogP contribution in [-0.2, 0) is 6.54 Å². The molecule has 2 aromatic rings. The Balaban J connectivity index is 0.00000363. The molecule has 2 N–H and O–H groups in total. The molecule has 6 nitrogen and oxygen atoms in total. The maximum atomic E-state index is 13.9. The van der Waals surface area contributed by atoms with E-state index in [2.05, 4.69) is 38.4 Å². The van der Waals surface area contributed by atoms with Crippen molar-refractivity contribution in [2.45, 2.75) is 40.3 Å². The number of pyridine rings is 1. The summed E-state index contributed by atoms with van der Waals surface area (Å²) in [5.74, 6) is 1.55. The molecule has 1 fully saturated rings. The summed E-state index contributed by atoms with van der Waals surface area (Å²) in [5, 5.41) is 6.66. The molecule has 176 valence electrons. The molecule has 0 spiro atoms. The highest BCUT2D eigenvalue weighted by atomic mass is 127. The normalized spacial score (nSPS) is 15.8. The van der Waals surface area contributed by atoms with Crippen LogP contribution in [0.1, 0.15) is 43.5 Å². The largest absolute Gasteiger partial charge is 0.357 e. The third kappa shape index (κ3) is 7.30. The van der Waals surface area contributed by atoms with Crippen molar-refractivity contribution in [1.82, 2.24) is 20.5 Å². The number of nitrogens with one attached hydrogen (secondary N) is 2. The zero-order valence-corrected chi connectivity index (χ0v) is 21.9. The average Bonchev–Trinajstić information content (AvgIpc) is 2.79. The van der Waals surface area contributed by atoms with Crippen molar-refractivity contribution in [3.63, 3.8) is 0 Å². The summed E-state index contributed by atoms with van der Waals surface area (Å²) < 4.78 is 13.9. The van der Waals surface area contributed by atoms with E-state index in [1.165, 1.54) is 0 Å². The summed E-state index contributed by atoms with van der Waals surface area (Å²) in [6, 6.07) is 9.43. The van der Waals surface area contributed by atoms with Gasteiger partial charge in [-0.05, 0) is 62.2 Å². The van der Waals surface area contributed by atoms with Crippen molar-refractivity contribution in [2.24, 2.45) is 4.99 Å². The number of guanidine groups is 1. The molecule has 0 saturated carbocycles. The fourth-order valence-corrected chi connectivity index (χ4v) is 3.68. The summed E-state index contributed by atoms with van der Waals surface area (Å²) in [6.07, 6.45) is 1.87. The Morgan fingerprint density at radius 3 is 2.56 bits per heavy atom. The fourth-order valence-electron chi connectivity index (χ4n) is 3.68. The number of aryl methyl sites for hydroxylation is 1. The number of benzene rings is 1. The molecule has 0 aliphatic carbocycles. The first-order valence-corrected chi connectivity index (χ1v) is 11.2. The Bertz CT molecular complexity index is 883. The second kappa shape index (κ2) is 12.9. The van der Waals surface area contributed by atoms with Crippen LogP contribution < -0.4 is 15.5 Å². The van der Waals surface area contributed by atoms with Crippen LogP contribution in [0.2, 0.25) is 0 Å². The molecule has 0 amide bonds. The van der Waals surface area contributed by atoms with Crippen molar-refractivity contribution in [1.29, 1.82) is 0 Å². The smallest absolute Gasteiger partial charge is 0.192 e. The average molecular weight is 554 g/mol. The summed E-state index contributed by atoms with van der Waals surface area (Å²) in [7, 11) is 0. The number of anilines is 1. The van der Waals surface area contributed by atoms with Gasteiger partial charge in [-0.15, -0.1) is 24.0 Å². The van der Waals surface area contributed by atoms with Gasteiger partial charge < -0.3 is 20.4 Å². The zero-order chi connectivity index (χ0) is 22.2. The van der Waals surface area contributed by atoms with Crippen LogP contribution in [0.5, 0.6) is 0 Å². The molecule has 0 bridgehead atoms. The Labute approximate surface area is 208 Å². The Morgan fingerprint density at radius 2 is 1.91 bits per heavy atom. The minimum atomic E-state index is -0.183. The van der Waals surface area contributed by atoms with E-state index in [4.69, 9.17) is 4.99 Å². The molecule has 8 heteroatoms. The quantitative estimate of drug-likeness (QED) is 0.307. The van der Waals surface area contributed by atoms with E-state index in [0.717, 1.165) is 56.2 Å². The third-order valence-electron chi connectivity index (χ3n) is 5.77. The summed E-state index contributed by atoms with van der Waals surface area (Å²) in [5.41, 5.74) is 2.67. The molecular formula is C24H36FIN6. The second-order valence-corrected chi connectivity index (χ2v) is 8.01. The van der Waals surface area contributed by atoms with Crippen molar-refractivity contribution < 1.29 is 4.39 Å². The first-order chi connectivity index (χ1) is 15.0. The molecular weight excluding hydrogens is 518 g/mol. The molecule has 1 aromatic carbocycles. The number of hydrogen-bond donors (Lipinski definition) is 2. The lowest BCUT2D eigenvalue weighted by molar-refractivity contribution is 0.270. The van der Waals surface area contributed by atoms with Crippen LogP contribution in [0.3, 0.4) is 0 Å². The molecule has 1 aliphatic heterocycles. The Kier molecular flexibility index (Phi) is 10.6. The van der Waals surface area contributed by atoms with E-state index in [0.29, 0.717) is 18.1 Å². The van der Waals surface area contributed by atoms with Gasteiger partial charge in [-0.25, -0.2) is 14.4 Å². The van der Waals surface area contributed by atoms with Crippen molar-refractivity contribution in [3.8, 4) is 0 Å². The lowest BCUT2D eigenvalue weighted by Gasteiger charge is -2.34. The third-order valence-corrected chi connectivity index (χ3v) is 5.77. The van der Waals surface area contributed by atoms with Crippen LogP contribution in [0.15, 0.2) is 41.5 Å². The van der Waals surface area contributed by atoms with Crippen LogP contribution in [-0.4, -0.2) is 55.1 Å². The standard InChI is InChI=1S/C24H35FN6.HI/c1-5-26-24(29-19(4)21-8-7-18(3)22(25)16-21)28-17-20-9-10-27-23(15-20)31-13-11-30(6-2)12-14-31;/h7-10,15-16,19H,5-6,11-14,17H2,1-4H3,(H2,26,28,29);1H. The van der Waals surface area contributed by atoms with Crippen LogP contribution >= 0.6 is 24.0 Å². The van der Waals surface area contributed by atoms with E-state index in [9.17, 15) is 4.39 Å². The molecule has 3 rings (SSSR count). The number of aromatic nitrogens is 1. The van der Waals surface area contributed by atoms with Crippen LogP contribution in [0.4, 0.5) is 10.2 Å². The summed E-state index contributed by atoms with van der Waals surface area (Å²) in [4.78, 5) is 14.1. The van der Waals surface area contributed by atoms with Gasteiger partial charge in [0.15, 0.2) is 5.96 Å². The number of aliphatic imine (C=N–C) groups is 1. The van der Waals surface area contributed by atoms with E-state index in [-0.39, 0.29) is 35.8 Å². The first kappa shape index (κ1) is 26.3. The van der Waals surface area contributed by atoms with Crippen molar-refractivity contribution in [3.05, 3.63) is 59.0 Å². The molecule has 1 unspecified atom stereocenters. The first-order valence-electron chi connectivity index (χ1n) is 11.2. The van der Waals surface area contributed by atoms with Gasteiger partial charge in [0, 0.05) is 38.9 Å². The van der Waals surface area contributed by atoms with Gasteiger partial charge in [0.2, 0.25) is 0 Å². The number of piperazine rings is 1. The van der Waals surface area contributed by atoms with Crippen molar-refractivity contribution in [2.75, 3.05) is 44.2 Å². The molecule has 1 saturated heterocycles. The van der Waals surface area contributed by atoms with Gasteiger partial charge >= 0.3 is 0 Å². The topological polar surface area (TPSA) is 55.8 Å². The summed E-state index contributed by atoms with van der Waals surface area (Å²) in [6.45, 7) is 14.6. The van der Waals surface area contributed by atoms with Gasteiger partial charge in [-0.3, -0.25) is 0 Å². The number of rotatable bonds is 7. The van der Waals surface area contributed by atoms with E-state index in [1.54, 1.807) is 13.0 Å². The maximum Gasteiger partial charge on any atom is 0.192 e. The zero-order valence-electron chi connectivity index (χ0n) is 19.6. The molecule has 32 heavy (non-hydrogen) atoms. The van der Waals surface area contributed by atoms with Gasteiger partial charge in [-0.1, -0.05) is 19.1 Å². The molecule has 2 heterocycles. The van der Waals surface area contributed by atoms with E-state index < -0.39 is 0 Å². The SMILES string of the molecule is CCNC(=NCc1ccnc(N2CCN(CC)CC2)c1)NC(C)c1ccc(C)c(F)c1.I. The number of nitrogens with zero attached hydrogens (tertiary/aromatic N) is 4. The number of hydrogen-bond acceptors (Lipinski definition) is 4. The predicted molar refractivity (Wildman–Crippen MR) is 141 cm³/mol. The minimum absolute atomic E-state index is 0. The highest BCUT2D eigenvalue weighted by Gasteiger charge is 2.17. The van der Waals surface area contributed by atoms with Gasteiger partial charge in [0.25, 0.3) is 0 Å². The van der Waals surface area contributed by atoms with Gasteiger partial charge in [0.1, 0.15) is 11.6 Å². The van der Waals surface area contributed by atoms with Crippen LogP contribution in [0.25, 0.3) is 0 Å². The molecule has 1 atom stereocenters. The highest BCUT2D eigenvalue weighted by molar-refractivity contribution is 14.0. The van der Waals surface area contributed by atoms with E-state index in [1.807, 2.05) is 38.2 Å². The van der Waals surface area contributed by atoms with Gasteiger partial charge in [-0.2, -0.15) is 0 Å². The molecule has 0 radical (unpaired) electrons. The molecule has 1 aromatic heterocycles. The lowest BCUT2D eigenvalue weighted by atomic mass is 10.1. The van der Waals surface area contributed by atoms with Crippen molar-refractivity contribution >= 4 is 35.8 Å². The summed E-state index contributed by atoms with van der Waals surface area (Å²) >= 11 is 0. The molecule has 1 aliphatic rings. The second-order valence-electron chi connectivity index (χ2n) is 8.01. The maximum absolute atomic E-state index is 13.9. The minimum Gasteiger partial charge on any atom is -0.357 e. The van der Waals surface area contributed by atoms with Gasteiger partial charge in [0.05, 0.1) is 12.6 Å². The number of likely N-dealkylation sites (N-methyl/N-ethyl adjacent to an activating group) is 1. The lowest BCUT2D eigenvalue weighted by Crippen LogP contribution is -2.46.